The molecular weight excluding hydrogens is 410 g/mol. The predicted octanol–water partition coefficient (Wildman–Crippen LogP) is 6.22. The number of halogens is 2. The fourth-order valence-corrected chi connectivity index (χ4v) is 18.8. The zero-order valence-corrected chi connectivity index (χ0v) is 21.5. The van der Waals surface area contributed by atoms with Crippen molar-refractivity contribution < 1.29 is 13.2 Å². The van der Waals surface area contributed by atoms with Crippen LogP contribution in [0.3, 0.4) is 0 Å². The Morgan fingerprint density at radius 1 is 1.04 bits per heavy atom. The Hall–Kier alpha value is 0.239. The number of rotatable bonds is 6. The standard InChI is InChI=1S/C11H11.C6H15BN.C4H10N.2ClH.Ti/c1-8-7-10-5-3-4-6-11(10)9(8)2;1-5(2)8(7)6(3)4;1-4(2,3)5;;;/h3-7H,1-2H3;5-7H,1-4H3;5H,1-3H3;2*1H;/q;+1;-1;;;+2/p-2. The number of benzene rings is 1. The average molecular weight is 446 g/mol. The van der Waals surface area contributed by atoms with Crippen LogP contribution in [0.4, 0.5) is 0 Å². The quantitative estimate of drug-likeness (QED) is 0.523. The van der Waals surface area contributed by atoms with Crippen molar-refractivity contribution in [1.82, 2.24) is 8.61 Å². The van der Waals surface area contributed by atoms with Crippen molar-refractivity contribution in [3.8, 4) is 0 Å². The van der Waals surface area contributed by atoms with E-state index in [0.29, 0.717) is 12.1 Å². The van der Waals surface area contributed by atoms with Crippen LogP contribution in [0, 0.1) is 0 Å². The third-order valence-corrected chi connectivity index (χ3v) is 15.6. The van der Waals surface area contributed by atoms with E-state index in [1.54, 1.807) is 0 Å². The molecule has 0 heterocycles. The van der Waals surface area contributed by atoms with E-state index >= 15 is 0 Å². The van der Waals surface area contributed by atoms with Gasteiger partial charge in [0.05, 0.1) is 0 Å². The minimum atomic E-state index is -4.31. The van der Waals surface area contributed by atoms with E-state index in [-0.39, 0.29) is 9.76 Å². The molecule has 27 heavy (non-hydrogen) atoms. The van der Waals surface area contributed by atoms with Gasteiger partial charge in [-0.1, -0.05) is 0 Å². The van der Waals surface area contributed by atoms with Gasteiger partial charge in [-0.25, -0.2) is 0 Å². The molecule has 1 aliphatic carbocycles. The molecule has 2 rings (SSSR count). The predicted molar refractivity (Wildman–Crippen MR) is 121 cm³/mol. The molecule has 0 aromatic heterocycles. The second-order valence-electron chi connectivity index (χ2n) is 9.83. The third-order valence-electron chi connectivity index (χ3n) is 5.70. The molecule has 1 unspecified atom stereocenters. The zero-order chi connectivity index (χ0) is 20.8. The van der Waals surface area contributed by atoms with Gasteiger partial charge in [-0.2, -0.15) is 0 Å². The van der Waals surface area contributed by atoms with E-state index in [9.17, 15) is 0 Å². The van der Waals surface area contributed by atoms with Gasteiger partial charge in [0.15, 0.2) is 0 Å². The number of nitrogens with zero attached hydrogens (tertiary/aromatic N) is 1. The molecule has 0 bridgehead atoms. The maximum absolute atomic E-state index is 7.73. The van der Waals surface area contributed by atoms with Crippen LogP contribution >= 0.6 is 18.6 Å². The first-order chi connectivity index (χ1) is 12.2. The van der Waals surface area contributed by atoms with Gasteiger partial charge in [0.25, 0.3) is 0 Å². The molecule has 1 N–H and O–H groups in total. The monoisotopic (exact) mass is 445 g/mol. The minimum absolute atomic E-state index is 0.0701. The maximum atomic E-state index is 7.73. The van der Waals surface area contributed by atoms with Gasteiger partial charge in [-0.05, 0) is 0 Å². The Bertz CT molecular complexity index is 730. The topological polar surface area (TPSA) is 15.3 Å². The Balaban J connectivity index is 2.68. The molecule has 1 atom stereocenters. The first kappa shape index (κ1) is 23.5. The number of hydrogen-bond acceptors (Lipinski definition) is 2. The molecule has 0 radical (unpaired) electrons. The number of allylic oxidation sites excluding steroid dienone is 2. The number of hydrogen-bond donors (Lipinski definition) is 1. The SMILES string of the molecule is CC1=C(C)[CH]([Ti]([Cl])([Cl])([BH]N(C(C)C)C(C)C)[NH]C(C)(C)C)c2ccccc21. The van der Waals surface area contributed by atoms with Crippen molar-refractivity contribution in [2.24, 2.45) is 0 Å². The molecule has 151 valence electrons. The van der Waals surface area contributed by atoms with Crippen molar-refractivity contribution in [2.45, 2.75) is 84.2 Å². The van der Waals surface area contributed by atoms with Crippen molar-refractivity contribution in [2.75, 3.05) is 0 Å². The summed E-state index contributed by atoms with van der Waals surface area (Å²) in [5, 5.41) is 0. The van der Waals surface area contributed by atoms with Crippen molar-refractivity contribution in [3.63, 3.8) is 0 Å². The molecule has 0 saturated carbocycles. The van der Waals surface area contributed by atoms with Crippen LogP contribution in [0.15, 0.2) is 29.8 Å². The molecule has 1 aromatic carbocycles. The molecule has 0 fully saturated rings. The average Bonchev–Trinajstić information content (AvgIpc) is 2.75. The van der Waals surface area contributed by atoms with Gasteiger partial charge < -0.3 is 0 Å². The molecule has 2 nitrogen and oxygen atoms in total. The fourth-order valence-electron chi connectivity index (χ4n) is 4.75. The first-order valence-electron chi connectivity index (χ1n) is 10.1. The van der Waals surface area contributed by atoms with Crippen molar-refractivity contribution in [3.05, 3.63) is 41.0 Å². The van der Waals surface area contributed by atoms with Crippen LogP contribution in [0.25, 0.3) is 5.57 Å². The van der Waals surface area contributed by atoms with Crippen LogP contribution in [0.5, 0.6) is 0 Å². The van der Waals surface area contributed by atoms with E-state index in [2.05, 4.69) is 95.2 Å². The van der Waals surface area contributed by atoms with Crippen LogP contribution in [-0.4, -0.2) is 28.0 Å². The molecule has 0 saturated heterocycles. The van der Waals surface area contributed by atoms with Crippen LogP contribution in [-0.2, 0) is 13.2 Å². The van der Waals surface area contributed by atoms with Gasteiger partial charge in [0, 0.05) is 0 Å². The van der Waals surface area contributed by atoms with E-state index in [0.717, 1.165) is 5.59 Å². The summed E-state index contributed by atoms with van der Waals surface area (Å²) >= 11 is -4.31. The Labute approximate surface area is 176 Å². The Morgan fingerprint density at radius 2 is 1.56 bits per heavy atom. The molecule has 1 aromatic rings. The fraction of sp³-hybridized carbons (Fsp3) is 0.619. The molecular formula is C21H36BCl2N2Ti. The summed E-state index contributed by atoms with van der Waals surface area (Å²) in [5.74, 6) is 0. The molecule has 0 spiro atoms. The van der Waals surface area contributed by atoms with Crippen LogP contribution < -0.4 is 3.80 Å². The summed E-state index contributed by atoms with van der Waals surface area (Å²) < 4.78 is 3.90. The molecule has 1 aliphatic rings. The summed E-state index contributed by atoms with van der Waals surface area (Å²) in [6, 6.07) is 9.40. The summed E-state index contributed by atoms with van der Waals surface area (Å²) in [4.78, 5) is 2.46. The van der Waals surface area contributed by atoms with Gasteiger partial charge in [-0.3, -0.25) is 0 Å². The summed E-state index contributed by atoms with van der Waals surface area (Å²) in [7, 11) is 15.5. The zero-order valence-electron chi connectivity index (χ0n) is 18.5. The van der Waals surface area contributed by atoms with E-state index in [1.165, 1.54) is 22.3 Å². The van der Waals surface area contributed by atoms with Crippen molar-refractivity contribution >= 4 is 29.8 Å². The Morgan fingerprint density at radius 3 is 2.04 bits per heavy atom. The summed E-state index contributed by atoms with van der Waals surface area (Å²) in [5.41, 5.74) is 5.79. The number of fused-ring (bicyclic) bond motifs is 1. The van der Waals surface area contributed by atoms with E-state index in [1.807, 2.05) is 0 Å². The second kappa shape index (κ2) is 7.82. The van der Waals surface area contributed by atoms with Gasteiger partial charge >= 0.3 is 177 Å². The van der Waals surface area contributed by atoms with Gasteiger partial charge in [-0.15, -0.1) is 0 Å². The van der Waals surface area contributed by atoms with E-state index < -0.39 is 13.2 Å². The van der Waals surface area contributed by atoms with Crippen LogP contribution in [0.2, 0.25) is 0 Å². The molecule has 0 amide bonds. The number of nitrogens with one attached hydrogen (secondary N) is 1. The summed E-state index contributed by atoms with van der Waals surface area (Å²) in [6.07, 6.45) is 0. The Kier molecular flexibility index (Phi) is 6.81. The molecule has 0 aliphatic heterocycles. The van der Waals surface area contributed by atoms with Gasteiger partial charge in [0.2, 0.25) is 0 Å². The van der Waals surface area contributed by atoms with Crippen LogP contribution in [0.1, 0.15) is 77.7 Å². The normalized spacial score (nSPS) is 19.6. The second-order valence-corrected chi connectivity index (χ2v) is 23.5. The first-order valence-corrected chi connectivity index (χ1v) is 17.2. The molecule has 6 heteroatoms. The third kappa shape index (κ3) is 4.87. The van der Waals surface area contributed by atoms with Crippen molar-refractivity contribution in [1.29, 1.82) is 0 Å². The summed E-state index contributed by atoms with van der Waals surface area (Å²) in [6.45, 7) is 19.8. The van der Waals surface area contributed by atoms with Gasteiger partial charge in [0.1, 0.15) is 0 Å². The van der Waals surface area contributed by atoms with E-state index in [4.69, 9.17) is 18.6 Å².